The van der Waals surface area contributed by atoms with Gasteiger partial charge in [-0.3, -0.25) is 5.43 Å². The lowest BCUT2D eigenvalue weighted by atomic mass is 10.0. The van der Waals surface area contributed by atoms with Crippen molar-refractivity contribution in [1.82, 2.24) is 19.9 Å². The zero-order valence-electron chi connectivity index (χ0n) is 17.8. The van der Waals surface area contributed by atoms with Crippen LogP contribution < -0.4 is 10.2 Å². The van der Waals surface area contributed by atoms with Gasteiger partial charge in [0.2, 0.25) is 5.95 Å². The Kier molecular flexibility index (Phi) is 4.94. The first-order valence-corrected chi connectivity index (χ1v) is 11.6. The molecule has 3 heterocycles. The molecule has 0 atom stereocenters. The molecule has 0 unspecified atom stereocenters. The van der Waals surface area contributed by atoms with Gasteiger partial charge < -0.3 is 9.64 Å². The third-order valence-electron chi connectivity index (χ3n) is 5.91. The summed E-state index contributed by atoms with van der Waals surface area (Å²) in [6.45, 7) is 3.99. The van der Waals surface area contributed by atoms with Crippen molar-refractivity contribution in [2.24, 2.45) is 0 Å². The average molecular weight is 442 g/mol. The highest BCUT2D eigenvalue weighted by Crippen LogP contribution is 2.50. The molecular weight excluding hydrogens is 418 g/mol. The molecule has 0 radical (unpaired) electrons. The largest absolute Gasteiger partial charge is 0.454 e. The Morgan fingerprint density at radius 3 is 2.69 bits per heavy atom. The Balaban J connectivity index is 1.29. The van der Waals surface area contributed by atoms with Crippen molar-refractivity contribution >= 4 is 28.6 Å². The van der Waals surface area contributed by atoms with Crippen LogP contribution in [0.3, 0.4) is 0 Å². The van der Waals surface area contributed by atoms with Crippen molar-refractivity contribution in [3.05, 3.63) is 66.9 Å². The molecule has 2 aliphatic rings. The molecule has 4 aromatic rings. The van der Waals surface area contributed by atoms with E-state index in [2.05, 4.69) is 69.8 Å². The first kappa shape index (κ1) is 19.5. The fourth-order valence-corrected chi connectivity index (χ4v) is 5.08. The summed E-state index contributed by atoms with van der Waals surface area (Å²) in [7, 11) is 2.15. The number of nitrogens with one attached hydrogen (secondary N) is 1. The summed E-state index contributed by atoms with van der Waals surface area (Å²) in [5, 5.41) is 3.19. The number of aromatic nitrogens is 2. The van der Waals surface area contributed by atoms with Gasteiger partial charge in [-0.15, -0.1) is 0 Å². The van der Waals surface area contributed by atoms with Gasteiger partial charge in [-0.05, 0) is 42.9 Å². The molecule has 6 nitrogen and oxygen atoms in total. The lowest BCUT2D eigenvalue weighted by molar-refractivity contribution is 0.178. The standard InChI is InChI=1S/C25H23N5OS/c1-29-11-13-30(14-12-29)28-25-26-16-18-15-17(9-10-20(18)27-25)19-5-4-8-23-24(19)31-21-6-2-3-7-22(21)32-23/h2-10,15-16H,11-14H2,1H3,(H,26,27,28). The van der Waals surface area contributed by atoms with Crippen LogP contribution in [0.2, 0.25) is 0 Å². The van der Waals surface area contributed by atoms with E-state index in [4.69, 9.17) is 9.72 Å². The van der Waals surface area contributed by atoms with Crippen molar-refractivity contribution < 1.29 is 4.74 Å². The molecule has 6 rings (SSSR count). The number of benzene rings is 3. The summed E-state index contributed by atoms with van der Waals surface area (Å²) < 4.78 is 6.32. The van der Waals surface area contributed by atoms with Gasteiger partial charge in [-0.25, -0.2) is 15.0 Å². The third kappa shape index (κ3) is 3.68. The third-order valence-corrected chi connectivity index (χ3v) is 7.01. The fraction of sp³-hybridized carbons (Fsp3) is 0.200. The molecule has 2 aliphatic heterocycles. The molecule has 0 bridgehead atoms. The van der Waals surface area contributed by atoms with E-state index < -0.39 is 0 Å². The van der Waals surface area contributed by atoms with Gasteiger partial charge in [0.25, 0.3) is 0 Å². The van der Waals surface area contributed by atoms with E-state index in [1.54, 1.807) is 11.8 Å². The summed E-state index contributed by atoms with van der Waals surface area (Å²) >= 11 is 1.75. The number of para-hydroxylation sites is 2. The molecule has 3 aromatic carbocycles. The number of rotatable bonds is 3. The van der Waals surface area contributed by atoms with Crippen LogP contribution in [0, 0.1) is 0 Å². The van der Waals surface area contributed by atoms with Crippen LogP contribution in [0.4, 0.5) is 5.95 Å². The molecule has 0 spiro atoms. The van der Waals surface area contributed by atoms with Crippen LogP contribution in [0.25, 0.3) is 22.0 Å². The van der Waals surface area contributed by atoms with Crippen LogP contribution in [0.1, 0.15) is 0 Å². The Bertz CT molecular complexity index is 1300. The first-order valence-electron chi connectivity index (χ1n) is 10.8. The van der Waals surface area contributed by atoms with Gasteiger partial charge in [0.05, 0.1) is 15.3 Å². The van der Waals surface area contributed by atoms with Crippen molar-refractivity contribution in [2.45, 2.75) is 9.79 Å². The Labute approximate surface area is 191 Å². The predicted molar refractivity (Wildman–Crippen MR) is 128 cm³/mol. The normalized spacial score (nSPS) is 16.3. The SMILES string of the molecule is CN1CCN(Nc2ncc3cc(-c4cccc5c4Oc4ccccc4S5)ccc3n2)CC1. The second-order valence-electron chi connectivity index (χ2n) is 8.15. The minimum absolute atomic E-state index is 0.642. The highest BCUT2D eigenvalue weighted by Gasteiger charge is 2.21. The minimum Gasteiger partial charge on any atom is -0.454 e. The van der Waals surface area contributed by atoms with Crippen LogP contribution in [-0.2, 0) is 0 Å². The van der Waals surface area contributed by atoms with Crippen LogP contribution in [0.5, 0.6) is 11.5 Å². The Morgan fingerprint density at radius 1 is 0.938 bits per heavy atom. The van der Waals surface area contributed by atoms with Crippen molar-refractivity contribution in [3.63, 3.8) is 0 Å². The summed E-state index contributed by atoms with van der Waals surface area (Å²) in [5.41, 5.74) is 6.44. The van der Waals surface area contributed by atoms with Crippen molar-refractivity contribution in [1.29, 1.82) is 0 Å². The number of anilines is 1. The topological polar surface area (TPSA) is 53.5 Å². The quantitative estimate of drug-likeness (QED) is 0.417. The molecule has 0 saturated carbocycles. The minimum atomic E-state index is 0.642. The molecule has 32 heavy (non-hydrogen) atoms. The fourth-order valence-electron chi connectivity index (χ4n) is 4.09. The van der Waals surface area contributed by atoms with E-state index in [9.17, 15) is 0 Å². The number of fused-ring (bicyclic) bond motifs is 3. The van der Waals surface area contributed by atoms with E-state index in [-0.39, 0.29) is 0 Å². The van der Waals surface area contributed by atoms with E-state index in [1.807, 2.05) is 24.4 Å². The maximum absolute atomic E-state index is 6.32. The number of ether oxygens (including phenoxy) is 1. The molecule has 1 saturated heterocycles. The number of piperazine rings is 1. The van der Waals surface area contributed by atoms with E-state index in [1.165, 1.54) is 0 Å². The van der Waals surface area contributed by atoms with Gasteiger partial charge in [-0.2, -0.15) is 0 Å². The van der Waals surface area contributed by atoms with Crippen molar-refractivity contribution in [3.8, 4) is 22.6 Å². The van der Waals surface area contributed by atoms with Crippen molar-refractivity contribution in [2.75, 3.05) is 38.7 Å². The van der Waals surface area contributed by atoms with Crippen LogP contribution in [0.15, 0.2) is 76.7 Å². The van der Waals surface area contributed by atoms with Gasteiger partial charge in [0.15, 0.2) is 0 Å². The predicted octanol–water partition coefficient (Wildman–Crippen LogP) is 5.13. The molecule has 1 aromatic heterocycles. The number of hydrogen-bond acceptors (Lipinski definition) is 7. The molecule has 1 N–H and O–H groups in total. The smallest absolute Gasteiger partial charge is 0.238 e. The summed E-state index contributed by atoms with van der Waals surface area (Å²) in [6, 6.07) is 20.8. The van der Waals surface area contributed by atoms with Gasteiger partial charge >= 0.3 is 0 Å². The molecule has 7 heteroatoms. The monoisotopic (exact) mass is 441 g/mol. The van der Waals surface area contributed by atoms with E-state index >= 15 is 0 Å². The molecule has 160 valence electrons. The second kappa shape index (κ2) is 8.09. The molecule has 0 amide bonds. The van der Waals surface area contributed by atoms with Crippen LogP contribution >= 0.6 is 11.8 Å². The lowest BCUT2D eigenvalue weighted by Gasteiger charge is -2.32. The van der Waals surface area contributed by atoms with Gasteiger partial charge in [0, 0.05) is 43.3 Å². The molecular formula is C25H23N5OS. The summed E-state index contributed by atoms with van der Waals surface area (Å²) in [6.07, 6.45) is 1.89. The highest BCUT2D eigenvalue weighted by molar-refractivity contribution is 7.99. The zero-order chi connectivity index (χ0) is 21.5. The second-order valence-corrected chi connectivity index (χ2v) is 9.24. The number of hydrogen-bond donors (Lipinski definition) is 1. The van der Waals surface area contributed by atoms with Gasteiger partial charge in [0.1, 0.15) is 11.5 Å². The van der Waals surface area contributed by atoms with E-state index in [0.717, 1.165) is 69.5 Å². The molecule has 1 fully saturated rings. The number of hydrazine groups is 1. The molecule has 0 aliphatic carbocycles. The Hall–Kier alpha value is -3.13. The van der Waals surface area contributed by atoms with Crippen LogP contribution in [-0.4, -0.2) is 53.1 Å². The first-order chi connectivity index (χ1) is 15.7. The summed E-state index contributed by atoms with van der Waals surface area (Å²) in [4.78, 5) is 13.9. The maximum Gasteiger partial charge on any atom is 0.238 e. The zero-order valence-corrected chi connectivity index (χ0v) is 18.6. The highest BCUT2D eigenvalue weighted by atomic mass is 32.2. The maximum atomic E-state index is 6.32. The van der Waals surface area contributed by atoms with Gasteiger partial charge in [-0.1, -0.05) is 42.1 Å². The number of nitrogens with zero attached hydrogens (tertiary/aromatic N) is 4. The summed E-state index contributed by atoms with van der Waals surface area (Å²) in [5.74, 6) is 2.45. The number of likely N-dealkylation sites (N-methyl/N-ethyl adjacent to an activating group) is 1. The average Bonchev–Trinajstić information content (AvgIpc) is 2.83. The van der Waals surface area contributed by atoms with E-state index in [0.29, 0.717) is 5.95 Å². The lowest BCUT2D eigenvalue weighted by Crippen LogP contribution is -2.47. The Morgan fingerprint density at radius 2 is 1.78 bits per heavy atom.